The van der Waals surface area contributed by atoms with Crippen LogP contribution in [-0.4, -0.2) is 54.3 Å². The maximum atomic E-state index is 11.8. The number of aliphatic carboxylic acids is 1. The Bertz CT molecular complexity index is 711. The van der Waals surface area contributed by atoms with Gasteiger partial charge in [-0.1, -0.05) is 71.1 Å². The quantitative estimate of drug-likeness (QED) is 0.129. The summed E-state index contributed by atoms with van der Waals surface area (Å²) in [5.74, 6) is -2.18. The molecule has 0 aliphatic heterocycles. The predicted octanol–water partition coefficient (Wildman–Crippen LogP) is 5.48. The third-order valence-corrected chi connectivity index (χ3v) is 8.23. The molecule has 2 rings (SSSR count). The summed E-state index contributed by atoms with van der Waals surface area (Å²) in [4.78, 5) is 14.8. The van der Waals surface area contributed by atoms with Crippen molar-refractivity contribution in [3.05, 3.63) is 24.0 Å². The van der Waals surface area contributed by atoms with E-state index in [2.05, 4.69) is 11.9 Å². The molecule has 1 saturated carbocycles. The average molecular weight is 510 g/mol. The number of hydrogen-bond donors (Lipinski definition) is 6. The molecule has 6 atom stereocenters. The number of nitrogens with one attached hydrogen (secondary N) is 1. The van der Waals surface area contributed by atoms with E-state index in [1.54, 1.807) is 12.3 Å². The van der Waals surface area contributed by atoms with Crippen molar-refractivity contribution in [1.82, 2.24) is 4.98 Å². The van der Waals surface area contributed by atoms with Gasteiger partial charge < -0.3 is 30.5 Å². The molecule has 1 aliphatic rings. The summed E-state index contributed by atoms with van der Waals surface area (Å²) < 4.78 is 0. The Hall–Kier alpha value is -1.41. The molecule has 1 heterocycles. The highest BCUT2D eigenvalue weighted by Crippen LogP contribution is 2.45. The van der Waals surface area contributed by atoms with Crippen LogP contribution in [-0.2, 0) is 4.79 Å². The summed E-state index contributed by atoms with van der Waals surface area (Å²) in [5.41, 5.74) is -0.436. The zero-order valence-corrected chi connectivity index (χ0v) is 22.3. The number of aromatic nitrogens is 1. The van der Waals surface area contributed by atoms with Gasteiger partial charge >= 0.3 is 5.97 Å². The molecule has 0 amide bonds. The zero-order valence-electron chi connectivity index (χ0n) is 22.3. The number of carboxylic acids is 1. The third-order valence-electron chi connectivity index (χ3n) is 8.23. The van der Waals surface area contributed by atoms with Gasteiger partial charge in [0.05, 0.1) is 29.8 Å². The normalized spacial score (nSPS) is 23.4. The highest BCUT2D eigenvalue weighted by atomic mass is 16.4. The molecule has 0 saturated heterocycles. The minimum atomic E-state index is -1.11. The van der Waals surface area contributed by atoms with E-state index >= 15 is 0 Å². The first-order chi connectivity index (χ1) is 17.3. The van der Waals surface area contributed by atoms with Crippen molar-refractivity contribution in [1.29, 1.82) is 0 Å². The summed E-state index contributed by atoms with van der Waals surface area (Å²) in [7, 11) is 0. The SMILES string of the molecule is CCCCCCCC(O)CCCCCCC(C(=O)O)C(O)CCC1(O)CCCC1C(O)c1ccc[nH]1. The van der Waals surface area contributed by atoms with Crippen molar-refractivity contribution in [2.45, 2.75) is 140 Å². The molecule has 0 aromatic carbocycles. The van der Waals surface area contributed by atoms with Gasteiger partial charge in [-0.15, -0.1) is 0 Å². The van der Waals surface area contributed by atoms with Crippen molar-refractivity contribution < 1.29 is 30.3 Å². The summed E-state index contributed by atoms with van der Waals surface area (Å²) in [5, 5.41) is 52.5. The number of aliphatic hydroxyl groups excluding tert-OH is 3. The molecule has 7 nitrogen and oxygen atoms in total. The van der Waals surface area contributed by atoms with Crippen molar-refractivity contribution in [3.8, 4) is 0 Å². The summed E-state index contributed by atoms with van der Waals surface area (Å²) in [6, 6.07) is 3.61. The van der Waals surface area contributed by atoms with Crippen molar-refractivity contribution >= 4 is 5.97 Å². The van der Waals surface area contributed by atoms with E-state index in [4.69, 9.17) is 0 Å². The Balaban J connectivity index is 1.67. The lowest BCUT2D eigenvalue weighted by Crippen LogP contribution is -2.39. The standard InChI is InChI=1S/C29H51NO6/c1-2-3-4-5-8-13-22(31)14-9-6-7-10-15-23(28(34)35)26(32)18-20-29(36)19-11-16-24(29)27(33)25-17-12-21-30-25/h12,17,21-24,26-27,30-33,36H,2-11,13-16,18-20H2,1H3,(H,34,35). The number of hydrogen-bond acceptors (Lipinski definition) is 5. The van der Waals surface area contributed by atoms with Gasteiger partial charge in [0.1, 0.15) is 0 Å². The van der Waals surface area contributed by atoms with E-state index in [1.807, 2.05) is 6.07 Å². The van der Waals surface area contributed by atoms with Gasteiger partial charge in [0.15, 0.2) is 0 Å². The van der Waals surface area contributed by atoms with Gasteiger partial charge in [0, 0.05) is 17.8 Å². The van der Waals surface area contributed by atoms with Crippen LogP contribution in [0.15, 0.2) is 18.3 Å². The van der Waals surface area contributed by atoms with Gasteiger partial charge in [-0.3, -0.25) is 4.79 Å². The Kier molecular flexibility index (Phi) is 14.1. The molecule has 6 N–H and O–H groups in total. The Morgan fingerprint density at radius 2 is 1.64 bits per heavy atom. The van der Waals surface area contributed by atoms with Crippen molar-refractivity contribution in [2.75, 3.05) is 0 Å². The first-order valence-corrected chi connectivity index (χ1v) is 14.4. The molecule has 7 heteroatoms. The molecular formula is C29H51NO6. The maximum absolute atomic E-state index is 11.8. The lowest BCUT2D eigenvalue weighted by Gasteiger charge is -2.34. The van der Waals surface area contributed by atoms with E-state index in [-0.39, 0.29) is 24.9 Å². The van der Waals surface area contributed by atoms with Gasteiger partial charge in [0.25, 0.3) is 0 Å². The van der Waals surface area contributed by atoms with E-state index in [0.717, 1.165) is 51.4 Å². The molecule has 1 aromatic heterocycles. The van der Waals surface area contributed by atoms with Crippen LogP contribution in [0, 0.1) is 11.8 Å². The largest absolute Gasteiger partial charge is 0.481 e. The molecule has 0 radical (unpaired) electrons. The number of carbonyl (C=O) groups is 1. The van der Waals surface area contributed by atoms with Crippen LogP contribution in [0.1, 0.15) is 128 Å². The van der Waals surface area contributed by atoms with Crippen LogP contribution in [0.2, 0.25) is 0 Å². The molecule has 1 aromatic rings. The van der Waals surface area contributed by atoms with E-state index in [1.165, 1.54) is 25.7 Å². The average Bonchev–Trinajstić information content (AvgIpc) is 3.52. The summed E-state index contributed by atoms with van der Waals surface area (Å²) >= 11 is 0. The molecule has 1 fully saturated rings. The second kappa shape index (κ2) is 16.4. The lowest BCUT2D eigenvalue weighted by atomic mass is 9.80. The first-order valence-electron chi connectivity index (χ1n) is 14.4. The van der Waals surface area contributed by atoms with Gasteiger partial charge in [-0.05, 0) is 57.1 Å². The molecule has 6 unspecified atom stereocenters. The lowest BCUT2D eigenvalue weighted by molar-refractivity contribution is -0.147. The highest BCUT2D eigenvalue weighted by molar-refractivity contribution is 5.70. The molecule has 36 heavy (non-hydrogen) atoms. The van der Waals surface area contributed by atoms with E-state index in [9.17, 15) is 30.3 Å². The number of aliphatic hydroxyl groups is 4. The third kappa shape index (κ3) is 10.2. The van der Waals surface area contributed by atoms with Crippen LogP contribution in [0.25, 0.3) is 0 Å². The van der Waals surface area contributed by atoms with E-state index in [0.29, 0.717) is 25.0 Å². The monoisotopic (exact) mass is 509 g/mol. The van der Waals surface area contributed by atoms with Gasteiger partial charge in [-0.2, -0.15) is 0 Å². The number of H-pyrrole nitrogens is 1. The fraction of sp³-hybridized carbons (Fsp3) is 0.828. The summed E-state index contributed by atoms with van der Waals surface area (Å²) in [6.45, 7) is 2.20. The predicted molar refractivity (Wildman–Crippen MR) is 141 cm³/mol. The molecular weight excluding hydrogens is 458 g/mol. The second-order valence-electron chi connectivity index (χ2n) is 11.1. The van der Waals surface area contributed by atoms with Crippen molar-refractivity contribution in [3.63, 3.8) is 0 Å². The Morgan fingerprint density at radius 1 is 1.00 bits per heavy atom. The number of carboxylic acid groups (broad SMARTS) is 1. The second-order valence-corrected chi connectivity index (χ2v) is 11.1. The van der Waals surface area contributed by atoms with Crippen LogP contribution >= 0.6 is 0 Å². The Morgan fingerprint density at radius 3 is 2.22 bits per heavy atom. The maximum Gasteiger partial charge on any atom is 0.309 e. The minimum absolute atomic E-state index is 0.200. The topological polar surface area (TPSA) is 134 Å². The number of rotatable bonds is 20. The summed E-state index contributed by atoms with van der Waals surface area (Å²) in [6.07, 6.45) is 13.8. The first kappa shape index (κ1) is 30.8. The fourth-order valence-electron chi connectivity index (χ4n) is 5.89. The van der Waals surface area contributed by atoms with Crippen LogP contribution < -0.4 is 0 Å². The number of aromatic amines is 1. The Labute approximate surface area is 217 Å². The smallest absolute Gasteiger partial charge is 0.309 e. The molecule has 0 spiro atoms. The molecule has 1 aliphatic carbocycles. The molecule has 208 valence electrons. The van der Waals surface area contributed by atoms with E-state index < -0.39 is 29.7 Å². The van der Waals surface area contributed by atoms with Gasteiger partial charge in [-0.25, -0.2) is 0 Å². The number of unbranched alkanes of at least 4 members (excludes halogenated alkanes) is 7. The van der Waals surface area contributed by atoms with Crippen LogP contribution in [0.3, 0.4) is 0 Å². The minimum Gasteiger partial charge on any atom is -0.481 e. The van der Waals surface area contributed by atoms with Crippen molar-refractivity contribution in [2.24, 2.45) is 11.8 Å². The molecule has 0 bridgehead atoms. The van der Waals surface area contributed by atoms with Crippen LogP contribution in [0.5, 0.6) is 0 Å². The van der Waals surface area contributed by atoms with Crippen LogP contribution in [0.4, 0.5) is 0 Å². The zero-order chi connectivity index (χ0) is 26.4. The fourth-order valence-corrected chi connectivity index (χ4v) is 5.89. The highest BCUT2D eigenvalue weighted by Gasteiger charge is 2.45. The van der Waals surface area contributed by atoms with Gasteiger partial charge in [0.2, 0.25) is 0 Å².